The summed E-state index contributed by atoms with van der Waals surface area (Å²) in [7, 11) is 1.73. The Morgan fingerprint density at radius 1 is 1.25 bits per heavy atom. The molecule has 142 valence electrons. The lowest BCUT2D eigenvalue weighted by atomic mass is 10.1. The average molecular weight is 393 g/mol. The Hall–Kier alpha value is -3.19. The van der Waals surface area contributed by atoms with Gasteiger partial charge in [0.25, 0.3) is 11.8 Å². The van der Waals surface area contributed by atoms with Crippen molar-refractivity contribution in [2.45, 2.75) is 20.0 Å². The van der Waals surface area contributed by atoms with Gasteiger partial charge in [0.05, 0.1) is 11.4 Å². The average Bonchev–Trinajstić information content (AvgIpc) is 3.14. The lowest BCUT2D eigenvalue weighted by Crippen LogP contribution is -2.41. The first-order chi connectivity index (χ1) is 13.4. The SMILES string of the molecule is Cc1cccc(C(=O)Nc2nc(-c3ccc4c(c3)N(C)C(=O)[C@H](C)O4)cs2)c1. The van der Waals surface area contributed by atoms with Crippen LogP contribution in [-0.4, -0.2) is 29.9 Å². The van der Waals surface area contributed by atoms with E-state index in [9.17, 15) is 9.59 Å². The van der Waals surface area contributed by atoms with E-state index in [0.717, 1.165) is 16.8 Å². The summed E-state index contributed by atoms with van der Waals surface area (Å²) in [5.74, 6) is 0.387. The molecule has 0 unspecified atom stereocenters. The molecule has 0 fully saturated rings. The number of hydrogen-bond donors (Lipinski definition) is 1. The lowest BCUT2D eigenvalue weighted by molar-refractivity contribution is -0.125. The van der Waals surface area contributed by atoms with E-state index in [2.05, 4.69) is 10.3 Å². The molecule has 28 heavy (non-hydrogen) atoms. The minimum absolute atomic E-state index is 0.0889. The summed E-state index contributed by atoms with van der Waals surface area (Å²) < 4.78 is 5.66. The normalized spacial score (nSPS) is 15.8. The highest BCUT2D eigenvalue weighted by Crippen LogP contribution is 2.37. The van der Waals surface area contributed by atoms with Crippen LogP contribution < -0.4 is 15.0 Å². The number of amides is 2. The van der Waals surface area contributed by atoms with Gasteiger partial charge in [-0.15, -0.1) is 11.3 Å². The number of aromatic nitrogens is 1. The van der Waals surface area contributed by atoms with Gasteiger partial charge in [0.1, 0.15) is 5.75 Å². The van der Waals surface area contributed by atoms with E-state index in [1.165, 1.54) is 11.3 Å². The van der Waals surface area contributed by atoms with Gasteiger partial charge in [0.15, 0.2) is 11.2 Å². The number of nitrogens with zero attached hydrogens (tertiary/aromatic N) is 2. The third-order valence-corrected chi connectivity index (χ3v) is 5.36. The van der Waals surface area contributed by atoms with Gasteiger partial charge in [0, 0.05) is 23.6 Å². The van der Waals surface area contributed by atoms with E-state index in [0.29, 0.717) is 22.1 Å². The first-order valence-corrected chi connectivity index (χ1v) is 9.72. The van der Waals surface area contributed by atoms with Crippen molar-refractivity contribution in [3.05, 3.63) is 59.0 Å². The highest BCUT2D eigenvalue weighted by molar-refractivity contribution is 7.14. The second-order valence-electron chi connectivity index (χ2n) is 6.70. The van der Waals surface area contributed by atoms with Crippen LogP contribution in [0.15, 0.2) is 47.8 Å². The van der Waals surface area contributed by atoms with Crippen LogP contribution in [0.2, 0.25) is 0 Å². The van der Waals surface area contributed by atoms with Crippen LogP contribution in [0.5, 0.6) is 5.75 Å². The zero-order valence-corrected chi connectivity index (χ0v) is 16.5. The summed E-state index contributed by atoms with van der Waals surface area (Å²) in [6.45, 7) is 3.68. The topological polar surface area (TPSA) is 71.5 Å². The Morgan fingerprint density at radius 2 is 2.07 bits per heavy atom. The second-order valence-corrected chi connectivity index (χ2v) is 7.56. The highest BCUT2D eigenvalue weighted by Gasteiger charge is 2.29. The van der Waals surface area contributed by atoms with Crippen molar-refractivity contribution in [3.8, 4) is 17.0 Å². The van der Waals surface area contributed by atoms with Crippen LogP contribution in [0.25, 0.3) is 11.3 Å². The minimum atomic E-state index is -0.494. The number of thiazole rings is 1. The molecule has 0 spiro atoms. The molecular weight excluding hydrogens is 374 g/mol. The Labute approximate surface area is 166 Å². The molecule has 2 heterocycles. The molecule has 1 N–H and O–H groups in total. The van der Waals surface area contributed by atoms with Crippen molar-refractivity contribution in [1.29, 1.82) is 0 Å². The van der Waals surface area contributed by atoms with E-state index < -0.39 is 6.10 Å². The molecule has 0 radical (unpaired) electrons. The number of hydrogen-bond acceptors (Lipinski definition) is 5. The predicted molar refractivity (Wildman–Crippen MR) is 110 cm³/mol. The third-order valence-electron chi connectivity index (χ3n) is 4.60. The largest absolute Gasteiger partial charge is 0.479 e. The lowest BCUT2D eigenvalue weighted by Gasteiger charge is -2.30. The summed E-state index contributed by atoms with van der Waals surface area (Å²) in [5, 5.41) is 5.24. The fourth-order valence-corrected chi connectivity index (χ4v) is 3.80. The maximum Gasteiger partial charge on any atom is 0.267 e. The van der Waals surface area contributed by atoms with Crippen LogP contribution in [0.3, 0.4) is 0 Å². The van der Waals surface area contributed by atoms with Gasteiger partial charge in [-0.3, -0.25) is 14.9 Å². The van der Waals surface area contributed by atoms with E-state index >= 15 is 0 Å². The van der Waals surface area contributed by atoms with Gasteiger partial charge in [0.2, 0.25) is 0 Å². The maximum absolute atomic E-state index is 12.4. The van der Waals surface area contributed by atoms with Crippen molar-refractivity contribution < 1.29 is 14.3 Å². The van der Waals surface area contributed by atoms with Crippen LogP contribution in [0.1, 0.15) is 22.8 Å². The van der Waals surface area contributed by atoms with Gasteiger partial charge >= 0.3 is 0 Å². The zero-order chi connectivity index (χ0) is 19.8. The summed E-state index contributed by atoms with van der Waals surface area (Å²) in [5.41, 5.74) is 3.91. The molecule has 2 amide bonds. The van der Waals surface area contributed by atoms with Crippen molar-refractivity contribution in [2.24, 2.45) is 0 Å². The van der Waals surface area contributed by atoms with E-state index in [-0.39, 0.29) is 11.8 Å². The molecule has 0 aliphatic carbocycles. The van der Waals surface area contributed by atoms with Crippen molar-refractivity contribution in [1.82, 2.24) is 4.98 Å². The molecule has 1 aromatic heterocycles. The van der Waals surface area contributed by atoms with Gasteiger partial charge in [-0.1, -0.05) is 17.7 Å². The van der Waals surface area contributed by atoms with Crippen molar-refractivity contribution in [3.63, 3.8) is 0 Å². The molecule has 3 aromatic rings. The van der Waals surface area contributed by atoms with Gasteiger partial charge < -0.3 is 9.64 Å². The third kappa shape index (κ3) is 3.36. The molecule has 0 saturated carbocycles. The number of carbonyl (C=O) groups excluding carboxylic acids is 2. The Balaban J connectivity index is 1.57. The van der Waals surface area contributed by atoms with E-state index in [1.807, 2.05) is 48.7 Å². The number of anilines is 2. The molecule has 1 aliphatic rings. The predicted octanol–water partition coefficient (Wildman–Crippen LogP) is 4.11. The highest BCUT2D eigenvalue weighted by atomic mass is 32.1. The number of ether oxygens (including phenoxy) is 1. The standard InChI is InChI=1S/C21H19N3O3S/c1-12-5-4-6-15(9-12)19(25)23-21-22-16(11-28-21)14-7-8-18-17(10-14)24(3)20(26)13(2)27-18/h4-11,13H,1-3H3,(H,22,23,25)/t13-/m0/s1. The fraction of sp³-hybridized carbons (Fsp3) is 0.190. The number of nitrogens with one attached hydrogen (secondary N) is 1. The van der Waals surface area contributed by atoms with Crippen LogP contribution in [0.4, 0.5) is 10.8 Å². The molecule has 0 bridgehead atoms. The van der Waals surface area contributed by atoms with Crippen molar-refractivity contribution >= 4 is 34.0 Å². The molecule has 1 atom stereocenters. The Kier molecular flexibility index (Phi) is 4.60. The number of carbonyl (C=O) groups is 2. The van der Waals surface area contributed by atoms with Crippen LogP contribution in [0, 0.1) is 6.92 Å². The number of rotatable bonds is 3. The molecule has 2 aromatic carbocycles. The molecular formula is C21H19N3O3S. The Morgan fingerprint density at radius 3 is 2.86 bits per heavy atom. The van der Waals surface area contributed by atoms with Crippen molar-refractivity contribution in [2.75, 3.05) is 17.3 Å². The molecule has 4 rings (SSSR count). The summed E-state index contributed by atoms with van der Waals surface area (Å²) in [6, 6.07) is 13.0. The molecule has 7 heteroatoms. The maximum atomic E-state index is 12.4. The van der Waals surface area contributed by atoms with Gasteiger partial charge in [-0.2, -0.15) is 0 Å². The smallest absolute Gasteiger partial charge is 0.267 e. The summed E-state index contributed by atoms with van der Waals surface area (Å²) >= 11 is 1.36. The van der Waals surface area contributed by atoms with Crippen LogP contribution >= 0.6 is 11.3 Å². The second kappa shape index (κ2) is 7.09. The van der Waals surface area contributed by atoms with Gasteiger partial charge in [-0.05, 0) is 44.2 Å². The first kappa shape index (κ1) is 18.2. The summed E-state index contributed by atoms with van der Waals surface area (Å²) in [4.78, 5) is 30.7. The summed E-state index contributed by atoms with van der Waals surface area (Å²) in [6.07, 6.45) is -0.494. The Bertz CT molecular complexity index is 1080. The molecule has 6 nitrogen and oxygen atoms in total. The fourth-order valence-electron chi connectivity index (χ4n) is 3.09. The quantitative estimate of drug-likeness (QED) is 0.727. The molecule has 0 saturated heterocycles. The molecule has 1 aliphatic heterocycles. The minimum Gasteiger partial charge on any atom is -0.479 e. The first-order valence-electron chi connectivity index (χ1n) is 8.84. The number of aryl methyl sites for hydroxylation is 1. The van der Waals surface area contributed by atoms with E-state index in [1.54, 1.807) is 24.9 Å². The monoisotopic (exact) mass is 393 g/mol. The number of benzene rings is 2. The number of likely N-dealkylation sites (N-methyl/N-ethyl adjacent to an activating group) is 1. The zero-order valence-electron chi connectivity index (χ0n) is 15.7. The van der Waals surface area contributed by atoms with Crippen LogP contribution in [-0.2, 0) is 4.79 Å². The number of fused-ring (bicyclic) bond motifs is 1. The van der Waals surface area contributed by atoms with E-state index in [4.69, 9.17) is 4.74 Å². The van der Waals surface area contributed by atoms with Gasteiger partial charge in [-0.25, -0.2) is 4.98 Å².